The molecule has 1 amide bonds. The fourth-order valence-electron chi connectivity index (χ4n) is 0.845. The minimum absolute atomic E-state index is 0.122. The van der Waals surface area contributed by atoms with Gasteiger partial charge in [0.25, 0.3) is 5.91 Å². The van der Waals surface area contributed by atoms with Crippen LogP contribution in [0.4, 0.5) is 8.78 Å². The van der Waals surface area contributed by atoms with E-state index in [1.807, 2.05) is 6.07 Å². The predicted octanol–water partition coefficient (Wildman–Crippen LogP) is 1.73. The number of benzene rings is 1. The summed E-state index contributed by atoms with van der Waals surface area (Å²) in [5.41, 5.74) is 0.789. The summed E-state index contributed by atoms with van der Waals surface area (Å²) in [7, 11) is 0. The van der Waals surface area contributed by atoms with Crippen LogP contribution >= 0.6 is 0 Å². The SMILES string of the molecule is O=C(NCc1ccccc1)[C](F)F. The van der Waals surface area contributed by atoms with E-state index in [9.17, 15) is 13.6 Å². The van der Waals surface area contributed by atoms with Crippen LogP contribution in [0, 0.1) is 6.43 Å². The van der Waals surface area contributed by atoms with Crippen LogP contribution in [-0.2, 0) is 11.3 Å². The van der Waals surface area contributed by atoms with Gasteiger partial charge in [-0.3, -0.25) is 4.79 Å². The van der Waals surface area contributed by atoms with Crippen LogP contribution in [-0.4, -0.2) is 5.91 Å². The van der Waals surface area contributed by atoms with Crippen molar-refractivity contribution in [2.45, 2.75) is 6.54 Å². The summed E-state index contributed by atoms with van der Waals surface area (Å²) in [5.74, 6) is -1.32. The van der Waals surface area contributed by atoms with E-state index in [0.717, 1.165) is 5.56 Å². The lowest BCUT2D eigenvalue weighted by atomic mass is 10.2. The molecule has 0 aliphatic carbocycles. The number of hydrogen-bond donors (Lipinski definition) is 1. The first-order chi connectivity index (χ1) is 6.20. The molecule has 13 heavy (non-hydrogen) atoms. The van der Waals surface area contributed by atoms with Crippen molar-refractivity contribution < 1.29 is 13.6 Å². The molecule has 2 nitrogen and oxygen atoms in total. The Kier molecular flexibility index (Phi) is 3.37. The smallest absolute Gasteiger partial charge is 0.347 e. The first kappa shape index (κ1) is 9.64. The maximum absolute atomic E-state index is 11.6. The van der Waals surface area contributed by atoms with Gasteiger partial charge < -0.3 is 5.32 Å². The lowest BCUT2D eigenvalue weighted by molar-refractivity contribution is -0.124. The van der Waals surface area contributed by atoms with Crippen LogP contribution in [0.25, 0.3) is 0 Å². The Bertz CT molecular complexity index is 274. The second kappa shape index (κ2) is 4.54. The number of rotatable bonds is 3. The Balaban J connectivity index is 2.40. The monoisotopic (exact) mass is 184 g/mol. The van der Waals surface area contributed by atoms with E-state index < -0.39 is 12.3 Å². The topological polar surface area (TPSA) is 29.1 Å². The number of hydrogen-bond acceptors (Lipinski definition) is 1. The molecule has 0 heterocycles. The van der Waals surface area contributed by atoms with Gasteiger partial charge in [-0.15, -0.1) is 0 Å². The van der Waals surface area contributed by atoms with Gasteiger partial charge in [-0.05, 0) is 5.56 Å². The molecule has 0 saturated heterocycles. The molecule has 0 atom stereocenters. The molecule has 0 unspecified atom stereocenters. The van der Waals surface area contributed by atoms with Crippen molar-refractivity contribution in [1.82, 2.24) is 5.32 Å². The highest BCUT2D eigenvalue weighted by Gasteiger charge is 2.16. The molecule has 1 radical (unpaired) electrons. The first-order valence-electron chi connectivity index (χ1n) is 3.70. The van der Waals surface area contributed by atoms with Gasteiger partial charge in [0.05, 0.1) is 0 Å². The van der Waals surface area contributed by atoms with Gasteiger partial charge in [0.15, 0.2) is 0 Å². The zero-order valence-corrected chi connectivity index (χ0v) is 6.76. The summed E-state index contributed by atoms with van der Waals surface area (Å²) >= 11 is 0. The van der Waals surface area contributed by atoms with Crippen molar-refractivity contribution >= 4 is 5.91 Å². The number of nitrogens with one attached hydrogen (secondary N) is 1. The zero-order valence-electron chi connectivity index (χ0n) is 6.76. The molecule has 69 valence electrons. The molecule has 0 aliphatic rings. The Morgan fingerprint density at radius 2 is 1.85 bits per heavy atom. The van der Waals surface area contributed by atoms with Crippen LogP contribution < -0.4 is 5.32 Å². The van der Waals surface area contributed by atoms with Crippen LogP contribution in [0.15, 0.2) is 30.3 Å². The Morgan fingerprint density at radius 1 is 1.23 bits per heavy atom. The molecule has 0 aliphatic heterocycles. The first-order valence-corrected chi connectivity index (χ1v) is 3.70. The third-order valence-corrected chi connectivity index (χ3v) is 1.47. The van der Waals surface area contributed by atoms with Crippen LogP contribution in [0.5, 0.6) is 0 Å². The fraction of sp³-hybridized carbons (Fsp3) is 0.111. The van der Waals surface area contributed by atoms with Crippen molar-refractivity contribution in [3.05, 3.63) is 42.3 Å². The van der Waals surface area contributed by atoms with Gasteiger partial charge >= 0.3 is 6.43 Å². The minimum Gasteiger partial charge on any atom is -0.347 e. The van der Waals surface area contributed by atoms with Crippen LogP contribution in [0.3, 0.4) is 0 Å². The second-order valence-corrected chi connectivity index (χ2v) is 2.43. The normalized spacial score (nSPS) is 10.1. The van der Waals surface area contributed by atoms with Gasteiger partial charge in [0.2, 0.25) is 0 Å². The number of carbonyl (C=O) groups excluding carboxylic acids is 1. The van der Waals surface area contributed by atoms with E-state index in [0.29, 0.717) is 0 Å². The molecule has 0 aromatic heterocycles. The molecular formula is C9H8F2NO. The highest BCUT2D eigenvalue weighted by molar-refractivity contribution is 5.85. The van der Waals surface area contributed by atoms with E-state index in [-0.39, 0.29) is 6.54 Å². The number of halogens is 2. The quantitative estimate of drug-likeness (QED) is 0.761. The third kappa shape index (κ3) is 3.19. The van der Waals surface area contributed by atoms with Crippen LogP contribution in [0.2, 0.25) is 0 Å². The zero-order chi connectivity index (χ0) is 9.68. The van der Waals surface area contributed by atoms with Crippen molar-refractivity contribution in [2.24, 2.45) is 0 Å². The molecule has 1 rings (SSSR count). The largest absolute Gasteiger partial charge is 0.395 e. The second-order valence-electron chi connectivity index (χ2n) is 2.43. The highest BCUT2D eigenvalue weighted by atomic mass is 19.3. The third-order valence-electron chi connectivity index (χ3n) is 1.47. The average Bonchev–Trinajstić information content (AvgIpc) is 2.15. The maximum atomic E-state index is 11.6. The summed E-state index contributed by atoms with van der Waals surface area (Å²) in [6, 6.07) is 8.86. The summed E-state index contributed by atoms with van der Waals surface area (Å²) < 4.78 is 23.3. The summed E-state index contributed by atoms with van der Waals surface area (Å²) in [5, 5.41) is 2.07. The summed E-state index contributed by atoms with van der Waals surface area (Å²) in [6.45, 7) is 0.122. The van der Waals surface area contributed by atoms with Gasteiger partial charge in [-0.2, -0.15) is 8.78 Å². The van der Waals surface area contributed by atoms with Crippen molar-refractivity contribution in [2.75, 3.05) is 0 Å². The Morgan fingerprint density at radius 3 is 2.38 bits per heavy atom. The molecule has 0 saturated carbocycles. The Labute approximate surface area is 74.6 Å². The average molecular weight is 184 g/mol. The summed E-state index contributed by atoms with van der Waals surface area (Å²) in [4.78, 5) is 10.4. The van der Waals surface area contributed by atoms with Gasteiger partial charge in [0, 0.05) is 6.54 Å². The van der Waals surface area contributed by atoms with Gasteiger partial charge in [-0.25, -0.2) is 0 Å². The fourth-order valence-corrected chi connectivity index (χ4v) is 0.845. The number of carbonyl (C=O) groups is 1. The van der Waals surface area contributed by atoms with Gasteiger partial charge in [-0.1, -0.05) is 30.3 Å². The predicted molar refractivity (Wildman–Crippen MR) is 43.7 cm³/mol. The number of amides is 1. The standard InChI is InChI=1S/C9H8F2NO/c10-8(11)9(13)12-6-7-4-2-1-3-5-7/h1-5H,6H2,(H,12,13). The molecule has 1 aromatic rings. The molecule has 0 fully saturated rings. The van der Waals surface area contributed by atoms with Crippen molar-refractivity contribution in [3.8, 4) is 0 Å². The minimum atomic E-state index is -2.21. The lowest BCUT2D eigenvalue weighted by Gasteiger charge is -2.02. The van der Waals surface area contributed by atoms with E-state index in [1.54, 1.807) is 24.3 Å². The maximum Gasteiger partial charge on any atom is 0.395 e. The van der Waals surface area contributed by atoms with E-state index in [2.05, 4.69) is 5.32 Å². The highest BCUT2D eigenvalue weighted by Crippen LogP contribution is 2.03. The van der Waals surface area contributed by atoms with Crippen molar-refractivity contribution in [1.29, 1.82) is 0 Å². The van der Waals surface area contributed by atoms with Gasteiger partial charge in [0.1, 0.15) is 0 Å². The van der Waals surface area contributed by atoms with Crippen molar-refractivity contribution in [3.63, 3.8) is 0 Å². The Hall–Kier alpha value is -1.45. The van der Waals surface area contributed by atoms with E-state index in [4.69, 9.17) is 0 Å². The summed E-state index contributed by atoms with van der Waals surface area (Å²) in [6.07, 6.45) is -2.21. The molecule has 0 bridgehead atoms. The molecule has 0 spiro atoms. The molecule has 4 heteroatoms. The van der Waals surface area contributed by atoms with Crippen LogP contribution in [0.1, 0.15) is 5.56 Å². The molecule has 1 aromatic carbocycles. The van der Waals surface area contributed by atoms with E-state index in [1.165, 1.54) is 0 Å². The van der Waals surface area contributed by atoms with E-state index >= 15 is 0 Å². The molecule has 1 N–H and O–H groups in total. The lowest BCUT2D eigenvalue weighted by Crippen LogP contribution is -2.24. The molecular weight excluding hydrogens is 176 g/mol.